The Balaban J connectivity index is 2.17. The average molecular weight is 319 g/mol. The van der Waals surface area contributed by atoms with Crippen molar-refractivity contribution in [2.24, 2.45) is 0 Å². The van der Waals surface area contributed by atoms with Gasteiger partial charge in [-0.15, -0.1) is 0 Å². The van der Waals surface area contributed by atoms with E-state index in [9.17, 15) is 0 Å². The van der Waals surface area contributed by atoms with E-state index in [2.05, 4.69) is 69.6 Å². The first kappa shape index (κ1) is 14.2. The van der Waals surface area contributed by atoms with Crippen LogP contribution in [0, 0.1) is 0 Å². The Hall–Kier alpha value is -1.19. The number of benzene rings is 1. The molecular weight excluding hydrogens is 300 g/mol. The van der Waals surface area contributed by atoms with Crippen molar-refractivity contribution >= 4 is 15.9 Å². The second-order valence-corrected chi connectivity index (χ2v) is 5.44. The molecular formula is C16H19BrN2. The maximum Gasteiger partial charge on any atom is 0.0362 e. The van der Waals surface area contributed by atoms with Crippen LogP contribution in [0.2, 0.25) is 0 Å². The van der Waals surface area contributed by atoms with Gasteiger partial charge >= 0.3 is 0 Å². The lowest BCUT2D eigenvalue weighted by molar-refractivity contribution is 0.528. The van der Waals surface area contributed by atoms with Gasteiger partial charge in [0, 0.05) is 22.9 Å². The summed E-state index contributed by atoms with van der Waals surface area (Å²) < 4.78 is 1.17. The van der Waals surface area contributed by atoms with Crippen LogP contribution >= 0.6 is 15.9 Å². The first-order valence-corrected chi connectivity index (χ1v) is 7.47. The monoisotopic (exact) mass is 318 g/mol. The van der Waals surface area contributed by atoms with Gasteiger partial charge in [-0.3, -0.25) is 4.98 Å². The molecule has 2 aromatic rings. The molecule has 0 amide bonds. The quantitative estimate of drug-likeness (QED) is 0.866. The minimum Gasteiger partial charge on any atom is -0.310 e. The number of aromatic nitrogens is 1. The first-order chi connectivity index (χ1) is 9.31. The van der Waals surface area contributed by atoms with E-state index in [0.29, 0.717) is 6.04 Å². The Kier molecular flexibility index (Phi) is 5.55. The molecule has 100 valence electrons. The van der Waals surface area contributed by atoms with Crippen molar-refractivity contribution < 1.29 is 0 Å². The second kappa shape index (κ2) is 7.41. The van der Waals surface area contributed by atoms with Crippen molar-refractivity contribution in [3.8, 4) is 0 Å². The maximum atomic E-state index is 4.10. The fourth-order valence-corrected chi connectivity index (χ4v) is 2.55. The van der Waals surface area contributed by atoms with Gasteiger partial charge in [-0.25, -0.2) is 0 Å². The predicted octanol–water partition coefficient (Wildman–Crippen LogP) is 4.13. The number of hydrogen-bond donors (Lipinski definition) is 1. The molecule has 0 radical (unpaired) electrons. The van der Waals surface area contributed by atoms with Gasteiger partial charge < -0.3 is 5.32 Å². The number of nitrogens with zero attached hydrogens (tertiary/aromatic N) is 1. The van der Waals surface area contributed by atoms with E-state index in [1.165, 1.54) is 15.6 Å². The Bertz CT molecular complexity index is 499. The zero-order valence-corrected chi connectivity index (χ0v) is 12.7. The molecule has 1 unspecified atom stereocenters. The molecule has 0 spiro atoms. The second-order valence-electron chi connectivity index (χ2n) is 4.58. The molecule has 1 N–H and O–H groups in total. The van der Waals surface area contributed by atoms with Crippen molar-refractivity contribution in [1.29, 1.82) is 0 Å². The molecule has 0 aliphatic carbocycles. The molecule has 1 aromatic heterocycles. The summed E-state index contributed by atoms with van der Waals surface area (Å²) >= 11 is 3.63. The van der Waals surface area contributed by atoms with Gasteiger partial charge in [-0.2, -0.15) is 0 Å². The highest BCUT2D eigenvalue weighted by Gasteiger charge is 2.12. The highest BCUT2D eigenvalue weighted by Crippen LogP contribution is 2.23. The van der Waals surface area contributed by atoms with E-state index in [-0.39, 0.29) is 0 Å². The van der Waals surface area contributed by atoms with Gasteiger partial charge in [-0.1, -0.05) is 41.1 Å². The standard InChI is InChI=1S/C16H19BrN2/c1-2-9-19-16(13-7-10-18-11-8-13)12-14-5-3-4-6-15(14)17/h3-8,10-11,16,19H,2,9,12H2,1H3. The van der Waals surface area contributed by atoms with Crippen LogP contribution in [0.5, 0.6) is 0 Å². The molecule has 0 bridgehead atoms. The summed E-state index contributed by atoms with van der Waals surface area (Å²) in [5.74, 6) is 0. The van der Waals surface area contributed by atoms with Gasteiger partial charge in [-0.05, 0) is 48.7 Å². The molecule has 0 saturated heterocycles. The van der Waals surface area contributed by atoms with Crippen LogP contribution in [-0.2, 0) is 6.42 Å². The average Bonchev–Trinajstić information content (AvgIpc) is 2.46. The lowest BCUT2D eigenvalue weighted by atomic mass is 9.99. The third-order valence-corrected chi connectivity index (χ3v) is 3.90. The molecule has 3 heteroatoms. The molecule has 2 nitrogen and oxygen atoms in total. The summed E-state index contributed by atoms with van der Waals surface area (Å²) in [6.07, 6.45) is 5.83. The van der Waals surface area contributed by atoms with Gasteiger partial charge in [0.15, 0.2) is 0 Å². The van der Waals surface area contributed by atoms with E-state index in [1.807, 2.05) is 12.4 Å². The fraction of sp³-hybridized carbons (Fsp3) is 0.312. The van der Waals surface area contributed by atoms with E-state index >= 15 is 0 Å². The summed E-state index contributed by atoms with van der Waals surface area (Å²) in [4.78, 5) is 4.10. The van der Waals surface area contributed by atoms with Crippen LogP contribution in [0.25, 0.3) is 0 Å². The van der Waals surface area contributed by atoms with Gasteiger partial charge in [0.2, 0.25) is 0 Å². The van der Waals surface area contributed by atoms with Crippen molar-refractivity contribution in [1.82, 2.24) is 10.3 Å². The topological polar surface area (TPSA) is 24.9 Å². The Morgan fingerprint density at radius 1 is 1.16 bits per heavy atom. The molecule has 1 aromatic carbocycles. The van der Waals surface area contributed by atoms with E-state index < -0.39 is 0 Å². The summed E-state index contributed by atoms with van der Waals surface area (Å²) in [5.41, 5.74) is 2.62. The smallest absolute Gasteiger partial charge is 0.0362 e. The van der Waals surface area contributed by atoms with Crippen molar-refractivity contribution in [3.05, 3.63) is 64.4 Å². The van der Waals surface area contributed by atoms with E-state index in [0.717, 1.165) is 19.4 Å². The molecule has 0 aliphatic rings. The van der Waals surface area contributed by atoms with Gasteiger partial charge in [0.1, 0.15) is 0 Å². The lowest BCUT2D eigenvalue weighted by Crippen LogP contribution is -2.24. The molecule has 2 rings (SSSR count). The van der Waals surface area contributed by atoms with Crippen molar-refractivity contribution in [3.63, 3.8) is 0 Å². The number of halogens is 1. The molecule has 0 aliphatic heterocycles. The number of rotatable bonds is 6. The molecule has 1 heterocycles. The summed E-state index contributed by atoms with van der Waals surface area (Å²) in [7, 11) is 0. The third-order valence-electron chi connectivity index (χ3n) is 3.13. The van der Waals surface area contributed by atoms with Crippen molar-refractivity contribution in [2.75, 3.05) is 6.54 Å². The van der Waals surface area contributed by atoms with E-state index in [4.69, 9.17) is 0 Å². The molecule has 0 fully saturated rings. The van der Waals surface area contributed by atoms with Gasteiger partial charge in [0.25, 0.3) is 0 Å². The minimum atomic E-state index is 0.335. The maximum absolute atomic E-state index is 4.10. The summed E-state index contributed by atoms with van der Waals surface area (Å²) in [5, 5.41) is 3.61. The fourth-order valence-electron chi connectivity index (χ4n) is 2.11. The predicted molar refractivity (Wildman–Crippen MR) is 83.1 cm³/mol. The normalized spacial score (nSPS) is 12.3. The van der Waals surface area contributed by atoms with Crippen LogP contribution in [0.4, 0.5) is 0 Å². The Morgan fingerprint density at radius 3 is 2.58 bits per heavy atom. The number of nitrogens with one attached hydrogen (secondary N) is 1. The number of pyridine rings is 1. The summed E-state index contributed by atoms with van der Waals surface area (Å²) in [6.45, 7) is 3.21. The SMILES string of the molecule is CCCNC(Cc1ccccc1Br)c1ccncc1. The van der Waals surface area contributed by atoms with Gasteiger partial charge in [0.05, 0.1) is 0 Å². The largest absolute Gasteiger partial charge is 0.310 e. The van der Waals surface area contributed by atoms with Crippen LogP contribution in [0.3, 0.4) is 0 Å². The van der Waals surface area contributed by atoms with Crippen LogP contribution in [0.15, 0.2) is 53.3 Å². The zero-order valence-electron chi connectivity index (χ0n) is 11.1. The summed E-state index contributed by atoms with van der Waals surface area (Å²) in [6, 6.07) is 12.9. The lowest BCUT2D eigenvalue weighted by Gasteiger charge is -2.19. The zero-order chi connectivity index (χ0) is 13.5. The van der Waals surface area contributed by atoms with Crippen LogP contribution in [-0.4, -0.2) is 11.5 Å². The Labute approximate surface area is 123 Å². The highest BCUT2D eigenvalue weighted by molar-refractivity contribution is 9.10. The molecule has 0 saturated carbocycles. The van der Waals surface area contributed by atoms with Crippen LogP contribution < -0.4 is 5.32 Å². The first-order valence-electron chi connectivity index (χ1n) is 6.68. The molecule has 1 atom stereocenters. The third kappa shape index (κ3) is 4.15. The highest BCUT2D eigenvalue weighted by atomic mass is 79.9. The van der Waals surface area contributed by atoms with E-state index in [1.54, 1.807) is 0 Å². The Morgan fingerprint density at radius 2 is 1.89 bits per heavy atom. The minimum absolute atomic E-state index is 0.335. The van der Waals surface area contributed by atoms with Crippen molar-refractivity contribution in [2.45, 2.75) is 25.8 Å². The molecule has 19 heavy (non-hydrogen) atoms. The van der Waals surface area contributed by atoms with Crippen LogP contribution in [0.1, 0.15) is 30.5 Å². The number of hydrogen-bond acceptors (Lipinski definition) is 2.